The van der Waals surface area contributed by atoms with Crippen LogP contribution in [0.25, 0.3) is 0 Å². The molecule has 6 aliphatic rings. The first kappa shape index (κ1) is 42.8. The average Bonchev–Trinajstić information content (AvgIpc) is 4.13. The number of aliphatic hydroxyl groups is 2. The van der Waals surface area contributed by atoms with Gasteiger partial charge in [0.05, 0.1) is 32.5 Å². The second kappa shape index (κ2) is 20.2. The van der Waals surface area contributed by atoms with Gasteiger partial charge in [0.25, 0.3) is 0 Å². The lowest BCUT2D eigenvalue weighted by Crippen LogP contribution is -2.51. The van der Waals surface area contributed by atoms with Gasteiger partial charge in [0, 0.05) is 75.9 Å². The molecule has 4 saturated carbocycles. The Labute approximate surface area is 325 Å². The summed E-state index contributed by atoms with van der Waals surface area (Å²) < 4.78 is 10.6. The van der Waals surface area contributed by atoms with Gasteiger partial charge in [-0.05, 0) is 37.5 Å². The number of nitriles is 1. The number of amides is 5. The number of carbonyl (C=O) groups excluding carboxylic acids is 5. The van der Waals surface area contributed by atoms with Crippen LogP contribution in [0.2, 0.25) is 0 Å². The second-order valence-electron chi connectivity index (χ2n) is 16.8. The number of ether oxygens (including phenoxy) is 2. The van der Waals surface area contributed by atoms with Crippen LogP contribution in [0.15, 0.2) is 0 Å². The normalized spacial score (nSPS) is 29.4. The predicted molar refractivity (Wildman–Crippen MR) is 200 cm³/mol. The number of morpholine rings is 2. The quantitative estimate of drug-likeness (QED) is 0.161. The van der Waals surface area contributed by atoms with E-state index in [1.54, 1.807) is 9.80 Å². The van der Waals surface area contributed by atoms with Crippen LogP contribution in [0.5, 0.6) is 0 Å². The minimum Gasteiger partial charge on any atom is -0.396 e. The molecular weight excluding hydrogens is 708 g/mol. The lowest BCUT2D eigenvalue weighted by molar-refractivity contribution is -0.140. The maximum Gasteiger partial charge on any atom is 0.243 e. The topological polar surface area (TPSA) is 225 Å². The monoisotopic (exact) mass is 772 g/mol. The summed E-state index contributed by atoms with van der Waals surface area (Å²) in [6.07, 6.45) is 14.1. The third-order valence-electron chi connectivity index (χ3n) is 13.0. The zero-order valence-corrected chi connectivity index (χ0v) is 32.5. The van der Waals surface area contributed by atoms with Gasteiger partial charge in [0.15, 0.2) is 0 Å². The molecule has 308 valence electrons. The van der Waals surface area contributed by atoms with E-state index in [0.29, 0.717) is 90.1 Å². The first-order valence-electron chi connectivity index (χ1n) is 20.8. The van der Waals surface area contributed by atoms with Crippen molar-refractivity contribution >= 4 is 29.5 Å². The van der Waals surface area contributed by atoms with E-state index in [0.717, 1.165) is 38.5 Å². The summed E-state index contributed by atoms with van der Waals surface area (Å²) in [6, 6.07) is 2.16. The van der Waals surface area contributed by atoms with Crippen molar-refractivity contribution in [2.24, 2.45) is 41.2 Å². The molecular formula is C40H64N6O9. The Bertz CT molecular complexity index is 1370. The number of nitrogens with two attached hydrogens (primary N) is 1. The van der Waals surface area contributed by atoms with Crippen LogP contribution in [-0.2, 0) is 33.4 Å². The van der Waals surface area contributed by atoms with Crippen molar-refractivity contribution < 1.29 is 43.7 Å². The fraction of sp³-hybridized carbons (Fsp3) is 0.850. The van der Waals surface area contributed by atoms with Gasteiger partial charge in [-0.3, -0.25) is 24.0 Å². The summed E-state index contributed by atoms with van der Waals surface area (Å²) in [5.41, 5.74) is 3.40. The molecule has 6 fully saturated rings. The number of hydrogen-bond donors (Lipinski definition) is 5. The molecule has 15 heteroatoms. The van der Waals surface area contributed by atoms with Gasteiger partial charge in [0.1, 0.15) is 11.1 Å². The number of primary amides is 1. The zero-order valence-electron chi connectivity index (χ0n) is 32.5. The Morgan fingerprint density at radius 1 is 0.691 bits per heavy atom. The zero-order chi connectivity index (χ0) is 39.4. The Kier molecular flexibility index (Phi) is 15.7. The highest BCUT2D eigenvalue weighted by Crippen LogP contribution is 2.44. The molecule has 15 nitrogen and oxygen atoms in total. The maximum atomic E-state index is 13.1. The number of aliphatic hydroxyl groups excluding tert-OH is 2. The van der Waals surface area contributed by atoms with Crippen molar-refractivity contribution in [1.29, 1.82) is 5.26 Å². The third kappa shape index (κ3) is 11.6. The molecule has 6 N–H and O–H groups in total. The van der Waals surface area contributed by atoms with E-state index in [1.807, 2.05) is 0 Å². The maximum absolute atomic E-state index is 13.1. The molecule has 0 aromatic rings. The van der Waals surface area contributed by atoms with E-state index in [-0.39, 0.29) is 61.5 Å². The smallest absolute Gasteiger partial charge is 0.243 e. The van der Waals surface area contributed by atoms with Crippen molar-refractivity contribution in [2.75, 3.05) is 65.8 Å². The first-order chi connectivity index (χ1) is 26.5. The van der Waals surface area contributed by atoms with Crippen LogP contribution in [0.4, 0.5) is 0 Å². The van der Waals surface area contributed by atoms with Crippen molar-refractivity contribution in [3.63, 3.8) is 0 Å². The number of hydrogen-bond acceptors (Lipinski definition) is 10. The van der Waals surface area contributed by atoms with Gasteiger partial charge in [-0.15, -0.1) is 0 Å². The molecule has 4 aliphatic carbocycles. The molecule has 2 unspecified atom stereocenters. The summed E-state index contributed by atoms with van der Waals surface area (Å²) in [4.78, 5) is 66.9. The molecule has 0 bridgehead atoms. The highest BCUT2D eigenvalue weighted by molar-refractivity contribution is 5.95. The molecule has 0 radical (unpaired) electrons. The summed E-state index contributed by atoms with van der Waals surface area (Å²) >= 11 is 0. The van der Waals surface area contributed by atoms with Crippen LogP contribution in [-0.4, -0.2) is 126 Å². The fourth-order valence-electron chi connectivity index (χ4n) is 9.10. The van der Waals surface area contributed by atoms with Crippen LogP contribution < -0.4 is 16.4 Å². The van der Waals surface area contributed by atoms with Crippen LogP contribution >= 0.6 is 0 Å². The molecule has 2 saturated heterocycles. The lowest BCUT2D eigenvalue weighted by Gasteiger charge is -2.30. The lowest BCUT2D eigenvalue weighted by atomic mass is 9.81. The summed E-state index contributed by atoms with van der Waals surface area (Å²) in [5, 5.41) is 33.8. The van der Waals surface area contributed by atoms with Crippen LogP contribution in [0.3, 0.4) is 0 Å². The van der Waals surface area contributed by atoms with E-state index in [4.69, 9.17) is 15.2 Å². The van der Waals surface area contributed by atoms with Crippen LogP contribution in [0, 0.1) is 46.8 Å². The summed E-state index contributed by atoms with van der Waals surface area (Å²) in [7, 11) is 0. The number of nitrogens with one attached hydrogen (secondary N) is 2. The molecule has 2 heterocycles. The van der Waals surface area contributed by atoms with Crippen molar-refractivity contribution in [3.05, 3.63) is 0 Å². The van der Waals surface area contributed by atoms with Gasteiger partial charge in [-0.25, -0.2) is 0 Å². The average molecular weight is 773 g/mol. The molecule has 55 heavy (non-hydrogen) atoms. The van der Waals surface area contributed by atoms with Gasteiger partial charge in [-0.2, -0.15) is 5.26 Å². The highest BCUT2D eigenvalue weighted by Gasteiger charge is 2.60. The predicted octanol–water partition coefficient (Wildman–Crippen LogP) is 1.39. The van der Waals surface area contributed by atoms with Crippen molar-refractivity contribution in [3.8, 4) is 6.07 Å². The summed E-state index contributed by atoms with van der Waals surface area (Å²) in [6.45, 7) is 4.08. The van der Waals surface area contributed by atoms with E-state index in [2.05, 4.69) is 16.7 Å². The first-order valence-corrected chi connectivity index (χ1v) is 20.8. The Morgan fingerprint density at radius 3 is 1.49 bits per heavy atom. The van der Waals surface area contributed by atoms with Crippen molar-refractivity contribution in [1.82, 2.24) is 20.4 Å². The highest BCUT2D eigenvalue weighted by atomic mass is 16.5. The number of nitrogens with zero attached hydrogens (tertiary/aromatic N) is 3. The van der Waals surface area contributed by atoms with Gasteiger partial charge >= 0.3 is 0 Å². The Balaban J connectivity index is 0.000000211. The summed E-state index contributed by atoms with van der Waals surface area (Å²) in [5.74, 6) is -1.68. The minimum absolute atomic E-state index is 0.00484. The van der Waals surface area contributed by atoms with Gasteiger partial charge < -0.3 is 45.9 Å². The van der Waals surface area contributed by atoms with Gasteiger partial charge in [-0.1, -0.05) is 64.2 Å². The molecule has 0 spiro atoms. The third-order valence-corrected chi connectivity index (χ3v) is 13.0. The van der Waals surface area contributed by atoms with E-state index in [9.17, 15) is 39.4 Å². The number of rotatable bonds is 15. The van der Waals surface area contributed by atoms with Crippen molar-refractivity contribution in [2.45, 2.75) is 114 Å². The molecule has 5 amide bonds. The fourth-order valence-corrected chi connectivity index (χ4v) is 9.10. The molecule has 0 aromatic heterocycles. The van der Waals surface area contributed by atoms with E-state index >= 15 is 0 Å². The SMILES string of the molecule is N#C[C@]1(NC(=O)[C@@H](CC(=O)N2CCOCC2)CC2CCCCC2)CC1CO.NC(=O)[C@]1(NC(=O)[C@@H](CC(=O)N2CCOCC2)CC2CCCCC2)CC1CO. The van der Waals surface area contributed by atoms with Gasteiger partial charge in [0.2, 0.25) is 29.5 Å². The van der Waals surface area contributed by atoms with E-state index in [1.165, 1.54) is 25.7 Å². The number of carbonyl (C=O) groups is 5. The Morgan fingerprint density at radius 2 is 1.13 bits per heavy atom. The molecule has 6 rings (SSSR count). The largest absolute Gasteiger partial charge is 0.396 e. The molecule has 2 aliphatic heterocycles. The Hall–Kier alpha value is -3.32. The minimum atomic E-state index is -1.15. The standard InChI is InChI=1S/C20H33N3O5.C20H31N3O4/c21-19(27)20(12-16(20)13-24)22-18(26)15(10-14-4-2-1-3-5-14)11-17(25)23-6-8-28-9-7-23;21-14-20(12-17(20)13-24)22-19(26)16(10-15-4-2-1-3-5-15)11-18(25)23-6-8-27-9-7-23/h14-16,24H,1-13H2,(H2,21,27)(H,22,26);15-17,24H,1-13H2,(H,22,26)/t15-,16?,20+;16-,17?,20-/m11/s1. The molecule has 6 atom stereocenters. The van der Waals surface area contributed by atoms with E-state index < -0.39 is 28.8 Å². The van der Waals surface area contributed by atoms with Crippen LogP contribution in [0.1, 0.15) is 103 Å². The molecule has 0 aromatic carbocycles. The second-order valence-corrected chi connectivity index (χ2v) is 16.8.